The minimum absolute atomic E-state index is 0.420. The first-order valence-corrected chi connectivity index (χ1v) is 6.56. The van der Waals surface area contributed by atoms with Gasteiger partial charge in [-0.25, -0.2) is 9.97 Å². The predicted octanol–water partition coefficient (Wildman–Crippen LogP) is 1.65. The molecular weight excluding hydrogens is 254 g/mol. The van der Waals surface area contributed by atoms with E-state index in [1.165, 1.54) is 0 Å². The number of ether oxygens (including phenoxy) is 1. The van der Waals surface area contributed by atoms with Gasteiger partial charge in [-0.1, -0.05) is 18.5 Å². The van der Waals surface area contributed by atoms with Gasteiger partial charge in [0.25, 0.3) is 0 Å². The lowest BCUT2D eigenvalue weighted by molar-refractivity contribution is -0.0543. The van der Waals surface area contributed by atoms with Gasteiger partial charge >= 0.3 is 0 Å². The van der Waals surface area contributed by atoms with Gasteiger partial charge in [0.1, 0.15) is 16.8 Å². The first kappa shape index (κ1) is 13.5. The molecule has 18 heavy (non-hydrogen) atoms. The Labute approximate surface area is 112 Å². The van der Waals surface area contributed by atoms with E-state index >= 15 is 0 Å². The predicted molar refractivity (Wildman–Crippen MR) is 69.9 cm³/mol. The third-order valence-electron chi connectivity index (χ3n) is 3.08. The van der Waals surface area contributed by atoms with Crippen LogP contribution in [0.1, 0.15) is 25.6 Å². The van der Waals surface area contributed by atoms with Crippen molar-refractivity contribution in [3.8, 4) is 0 Å². The molecule has 0 unspecified atom stereocenters. The number of aryl methyl sites for hydroxylation is 1. The first-order chi connectivity index (χ1) is 8.61. The van der Waals surface area contributed by atoms with Crippen LogP contribution in [-0.2, 0) is 11.2 Å². The highest BCUT2D eigenvalue weighted by molar-refractivity contribution is 6.29. The molecule has 5 nitrogen and oxygen atoms in total. The van der Waals surface area contributed by atoms with Gasteiger partial charge in [-0.15, -0.1) is 0 Å². The molecule has 2 rings (SSSR count). The smallest absolute Gasteiger partial charge is 0.134 e. The minimum atomic E-state index is -0.720. The minimum Gasteiger partial charge on any atom is -0.388 e. The normalized spacial score (nSPS) is 18.6. The summed E-state index contributed by atoms with van der Waals surface area (Å²) in [5, 5.41) is 13.9. The summed E-state index contributed by atoms with van der Waals surface area (Å²) in [5.41, 5.74) is -0.720. The van der Waals surface area contributed by atoms with Crippen LogP contribution in [-0.4, -0.2) is 40.4 Å². The standard InChI is InChI=1S/C12H18ClN3O2/c1-2-10-15-9(13)7-11(16-10)14-8-12(17)3-5-18-6-4-12/h7,17H,2-6,8H2,1H3,(H,14,15,16). The Bertz CT molecular complexity index is 408. The second kappa shape index (κ2) is 5.82. The van der Waals surface area contributed by atoms with Gasteiger partial charge in [-0.2, -0.15) is 0 Å². The number of halogens is 1. The number of anilines is 1. The van der Waals surface area contributed by atoms with E-state index in [9.17, 15) is 5.11 Å². The molecule has 100 valence electrons. The van der Waals surface area contributed by atoms with Crippen LogP contribution in [0.15, 0.2) is 6.07 Å². The maximum Gasteiger partial charge on any atom is 0.134 e. The van der Waals surface area contributed by atoms with E-state index < -0.39 is 5.60 Å². The van der Waals surface area contributed by atoms with Gasteiger partial charge in [0, 0.05) is 45.1 Å². The van der Waals surface area contributed by atoms with E-state index in [1.54, 1.807) is 6.07 Å². The van der Waals surface area contributed by atoms with Crippen LogP contribution in [0.25, 0.3) is 0 Å². The van der Waals surface area contributed by atoms with E-state index in [-0.39, 0.29) is 0 Å². The van der Waals surface area contributed by atoms with Crippen LogP contribution in [0.4, 0.5) is 5.82 Å². The summed E-state index contributed by atoms with van der Waals surface area (Å²) in [6.45, 7) is 3.63. The van der Waals surface area contributed by atoms with Crippen molar-refractivity contribution in [1.82, 2.24) is 9.97 Å². The molecule has 1 aliphatic rings. The SMILES string of the molecule is CCc1nc(Cl)cc(NCC2(O)CCOCC2)n1. The Morgan fingerprint density at radius 3 is 2.83 bits per heavy atom. The summed E-state index contributed by atoms with van der Waals surface area (Å²) in [5.74, 6) is 1.36. The van der Waals surface area contributed by atoms with Gasteiger partial charge in [-0.3, -0.25) is 0 Å². The van der Waals surface area contributed by atoms with Gasteiger partial charge in [-0.05, 0) is 0 Å². The largest absolute Gasteiger partial charge is 0.388 e. The first-order valence-electron chi connectivity index (χ1n) is 6.19. The van der Waals surface area contributed by atoms with Gasteiger partial charge < -0.3 is 15.2 Å². The van der Waals surface area contributed by atoms with Gasteiger partial charge in [0.2, 0.25) is 0 Å². The molecule has 1 aliphatic heterocycles. The van der Waals surface area contributed by atoms with Gasteiger partial charge in [0.15, 0.2) is 0 Å². The van der Waals surface area contributed by atoms with Crippen LogP contribution in [0.2, 0.25) is 5.15 Å². The summed E-state index contributed by atoms with van der Waals surface area (Å²) in [7, 11) is 0. The average Bonchev–Trinajstić information content (AvgIpc) is 2.37. The molecule has 0 radical (unpaired) electrons. The second-order valence-corrected chi connectivity index (χ2v) is 4.92. The Morgan fingerprint density at radius 1 is 1.44 bits per heavy atom. The number of nitrogens with one attached hydrogen (secondary N) is 1. The Kier molecular flexibility index (Phi) is 4.37. The number of rotatable bonds is 4. The molecule has 2 heterocycles. The van der Waals surface area contributed by atoms with E-state index in [4.69, 9.17) is 16.3 Å². The zero-order valence-corrected chi connectivity index (χ0v) is 11.2. The highest BCUT2D eigenvalue weighted by Gasteiger charge is 2.29. The molecule has 1 aromatic rings. The van der Waals surface area contributed by atoms with E-state index in [2.05, 4.69) is 15.3 Å². The van der Waals surface area contributed by atoms with E-state index in [1.807, 2.05) is 6.92 Å². The zero-order chi connectivity index (χ0) is 13.0. The average molecular weight is 272 g/mol. The lowest BCUT2D eigenvalue weighted by atomic mass is 9.94. The van der Waals surface area contributed by atoms with Crippen molar-refractivity contribution in [2.24, 2.45) is 0 Å². The van der Waals surface area contributed by atoms with E-state index in [0.717, 1.165) is 6.42 Å². The third kappa shape index (κ3) is 3.54. The Morgan fingerprint density at radius 2 is 2.17 bits per heavy atom. The lowest BCUT2D eigenvalue weighted by Gasteiger charge is -2.32. The molecule has 1 fully saturated rings. The summed E-state index contributed by atoms with van der Waals surface area (Å²) < 4.78 is 5.24. The quantitative estimate of drug-likeness (QED) is 0.815. The molecule has 0 spiro atoms. The van der Waals surface area contributed by atoms with Crippen LogP contribution in [0.3, 0.4) is 0 Å². The fourth-order valence-electron chi connectivity index (χ4n) is 1.90. The molecule has 0 bridgehead atoms. The molecule has 1 aromatic heterocycles. The second-order valence-electron chi connectivity index (χ2n) is 4.54. The summed E-state index contributed by atoms with van der Waals surface area (Å²) in [6, 6.07) is 1.67. The third-order valence-corrected chi connectivity index (χ3v) is 3.27. The lowest BCUT2D eigenvalue weighted by Crippen LogP contribution is -2.42. The van der Waals surface area contributed by atoms with Crippen molar-refractivity contribution in [3.05, 3.63) is 17.0 Å². The monoisotopic (exact) mass is 271 g/mol. The molecule has 0 atom stereocenters. The van der Waals surface area contributed by atoms with Crippen molar-refractivity contribution in [2.45, 2.75) is 31.8 Å². The van der Waals surface area contributed by atoms with Gasteiger partial charge in [0.05, 0.1) is 5.60 Å². The molecule has 0 aromatic carbocycles. The molecular formula is C12H18ClN3O2. The fourth-order valence-corrected chi connectivity index (χ4v) is 2.10. The summed E-state index contributed by atoms with van der Waals surface area (Å²) in [4.78, 5) is 8.41. The summed E-state index contributed by atoms with van der Waals surface area (Å²) >= 11 is 5.91. The molecule has 1 saturated heterocycles. The van der Waals surface area contributed by atoms with Crippen LogP contribution < -0.4 is 5.32 Å². The molecule has 2 N–H and O–H groups in total. The maximum absolute atomic E-state index is 10.3. The number of aromatic nitrogens is 2. The van der Waals surface area contributed by atoms with Crippen LogP contribution in [0, 0.1) is 0 Å². The highest BCUT2D eigenvalue weighted by Crippen LogP contribution is 2.21. The zero-order valence-electron chi connectivity index (χ0n) is 10.4. The van der Waals surface area contributed by atoms with Crippen LogP contribution in [0.5, 0.6) is 0 Å². The molecule has 6 heteroatoms. The van der Waals surface area contributed by atoms with Crippen molar-refractivity contribution < 1.29 is 9.84 Å². The highest BCUT2D eigenvalue weighted by atomic mass is 35.5. The molecule has 0 aliphatic carbocycles. The maximum atomic E-state index is 10.3. The molecule has 0 amide bonds. The number of aliphatic hydroxyl groups is 1. The van der Waals surface area contributed by atoms with Crippen molar-refractivity contribution >= 4 is 17.4 Å². The topological polar surface area (TPSA) is 67.3 Å². The van der Waals surface area contributed by atoms with Crippen molar-refractivity contribution in [2.75, 3.05) is 25.1 Å². The number of hydrogen-bond acceptors (Lipinski definition) is 5. The Balaban J connectivity index is 1.98. The number of nitrogens with zero attached hydrogens (tertiary/aromatic N) is 2. The Hall–Kier alpha value is -0.910. The molecule has 0 saturated carbocycles. The fraction of sp³-hybridized carbons (Fsp3) is 0.667. The van der Waals surface area contributed by atoms with Crippen molar-refractivity contribution in [3.63, 3.8) is 0 Å². The van der Waals surface area contributed by atoms with Crippen molar-refractivity contribution in [1.29, 1.82) is 0 Å². The van der Waals surface area contributed by atoms with Crippen LogP contribution >= 0.6 is 11.6 Å². The van der Waals surface area contributed by atoms with E-state index in [0.29, 0.717) is 49.4 Å². The number of hydrogen-bond donors (Lipinski definition) is 2. The summed E-state index contributed by atoms with van der Waals surface area (Å²) in [6.07, 6.45) is 2.01.